The zero-order valence-electron chi connectivity index (χ0n) is 12.9. The molecule has 6 nitrogen and oxygen atoms in total. The van der Waals surface area contributed by atoms with Gasteiger partial charge in [-0.2, -0.15) is 0 Å². The number of anilines is 1. The average molecular weight is 315 g/mol. The van der Waals surface area contributed by atoms with Crippen LogP contribution in [0.4, 0.5) is 5.69 Å². The molecule has 0 fully saturated rings. The van der Waals surface area contributed by atoms with Gasteiger partial charge < -0.3 is 19.5 Å². The lowest BCUT2D eigenvalue weighted by atomic mass is 10.2. The van der Waals surface area contributed by atoms with Gasteiger partial charge in [0.2, 0.25) is 0 Å². The first-order valence-electron chi connectivity index (χ1n) is 6.86. The quantitative estimate of drug-likeness (QED) is 0.795. The summed E-state index contributed by atoms with van der Waals surface area (Å²) in [5.74, 6) is 1.08. The van der Waals surface area contributed by atoms with Crippen LogP contribution in [0.15, 0.2) is 42.5 Å². The molecule has 0 unspecified atom stereocenters. The number of ether oxygens (including phenoxy) is 3. The van der Waals surface area contributed by atoms with E-state index in [1.54, 1.807) is 42.5 Å². The normalized spacial score (nSPS) is 9.83. The molecule has 23 heavy (non-hydrogen) atoms. The fourth-order valence-electron chi connectivity index (χ4n) is 1.95. The van der Waals surface area contributed by atoms with Gasteiger partial charge in [-0.1, -0.05) is 12.1 Å². The van der Waals surface area contributed by atoms with E-state index in [4.69, 9.17) is 14.2 Å². The molecule has 0 aliphatic rings. The van der Waals surface area contributed by atoms with Gasteiger partial charge in [0.05, 0.1) is 25.5 Å². The number of nitrogens with one attached hydrogen (secondary N) is 1. The lowest BCUT2D eigenvalue weighted by molar-refractivity contribution is -0.118. The van der Waals surface area contributed by atoms with Gasteiger partial charge in [0.15, 0.2) is 12.9 Å². The summed E-state index contributed by atoms with van der Waals surface area (Å²) in [6.07, 6.45) is 0.679. The average Bonchev–Trinajstić information content (AvgIpc) is 2.60. The Morgan fingerprint density at radius 1 is 1.09 bits per heavy atom. The highest BCUT2D eigenvalue weighted by Gasteiger charge is 2.11. The van der Waals surface area contributed by atoms with Gasteiger partial charge >= 0.3 is 0 Å². The lowest BCUT2D eigenvalue weighted by Crippen LogP contribution is -2.20. The van der Waals surface area contributed by atoms with E-state index >= 15 is 0 Å². The van der Waals surface area contributed by atoms with Gasteiger partial charge in [-0.05, 0) is 24.3 Å². The van der Waals surface area contributed by atoms with Crippen LogP contribution in [0, 0.1) is 0 Å². The third-order valence-electron chi connectivity index (χ3n) is 3.09. The van der Waals surface area contributed by atoms with Crippen molar-refractivity contribution in [3.8, 4) is 17.2 Å². The molecular formula is C17H17NO5. The molecule has 2 aromatic rings. The maximum Gasteiger partial charge on any atom is 0.262 e. The second-order valence-corrected chi connectivity index (χ2v) is 4.56. The molecule has 0 saturated carbocycles. The highest BCUT2D eigenvalue weighted by atomic mass is 16.5. The Kier molecular flexibility index (Phi) is 5.57. The van der Waals surface area contributed by atoms with Crippen molar-refractivity contribution in [2.45, 2.75) is 0 Å². The molecule has 0 bridgehead atoms. The van der Waals surface area contributed by atoms with Gasteiger partial charge in [0.1, 0.15) is 17.2 Å². The zero-order valence-corrected chi connectivity index (χ0v) is 12.9. The molecule has 0 radical (unpaired) electrons. The maximum absolute atomic E-state index is 12.0. The second kappa shape index (κ2) is 7.84. The van der Waals surface area contributed by atoms with Crippen LogP contribution >= 0.6 is 0 Å². The third-order valence-corrected chi connectivity index (χ3v) is 3.09. The van der Waals surface area contributed by atoms with Crippen molar-refractivity contribution in [2.75, 3.05) is 26.1 Å². The van der Waals surface area contributed by atoms with Crippen molar-refractivity contribution >= 4 is 17.9 Å². The summed E-state index contributed by atoms with van der Waals surface area (Å²) >= 11 is 0. The van der Waals surface area contributed by atoms with E-state index < -0.39 is 0 Å². The van der Waals surface area contributed by atoms with Crippen molar-refractivity contribution < 1.29 is 23.8 Å². The van der Waals surface area contributed by atoms with Gasteiger partial charge in [-0.25, -0.2) is 0 Å². The summed E-state index contributed by atoms with van der Waals surface area (Å²) in [6.45, 7) is -0.231. The van der Waals surface area contributed by atoms with Crippen LogP contribution in [0.1, 0.15) is 10.4 Å². The second-order valence-electron chi connectivity index (χ2n) is 4.56. The minimum absolute atomic E-state index is 0.231. The van der Waals surface area contributed by atoms with E-state index in [1.807, 2.05) is 0 Å². The molecule has 120 valence electrons. The summed E-state index contributed by atoms with van der Waals surface area (Å²) in [7, 11) is 3.04. The summed E-state index contributed by atoms with van der Waals surface area (Å²) in [6, 6.07) is 11.8. The Morgan fingerprint density at radius 3 is 2.57 bits per heavy atom. The molecule has 0 atom stereocenters. The number of amides is 1. The van der Waals surface area contributed by atoms with Gasteiger partial charge in [0, 0.05) is 6.07 Å². The Morgan fingerprint density at radius 2 is 1.87 bits per heavy atom. The van der Waals surface area contributed by atoms with E-state index in [2.05, 4.69) is 5.32 Å². The number of hydrogen-bond donors (Lipinski definition) is 1. The maximum atomic E-state index is 12.0. The van der Waals surface area contributed by atoms with Crippen LogP contribution in [-0.2, 0) is 4.79 Å². The fraction of sp³-hybridized carbons (Fsp3) is 0.176. The molecule has 2 rings (SSSR count). The predicted octanol–water partition coefficient (Wildman–Crippen LogP) is 2.53. The highest BCUT2D eigenvalue weighted by Crippen LogP contribution is 2.28. The first-order valence-corrected chi connectivity index (χ1v) is 6.86. The molecule has 1 amide bonds. The lowest BCUT2D eigenvalue weighted by Gasteiger charge is -2.12. The number of para-hydroxylation sites is 1. The van der Waals surface area contributed by atoms with E-state index in [0.717, 1.165) is 0 Å². The molecule has 0 saturated heterocycles. The van der Waals surface area contributed by atoms with Crippen molar-refractivity contribution in [2.24, 2.45) is 0 Å². The van der Waals surface area contributed by atoms with Crippen LogP contribution in [0.2, 0.25) is 0 Å². The number of hydrogen-bond acceptors (Lipinski definition) is 5. The number of carbonyl (C=O) groups excluding carboxylic acids is 2. The monoisotopic (exact) mass is 315 g/mol. The molecule has 0 aliphatic heterocycles. The van der Waals surface area contributed by atoms with Gasteiger partial charge in [0.25, 0.3) is 5.91 Å². The predicted molar refractivity (Wildman–Crippen MR) is 85.5 cm³/mol. The number of methoxy groups -OCH3 is 2. The van der Waals surface area contributed by atoms with E-state index in [1.165, 1.54) is 14.2 Å². The first-order chi connectivity index (χ1) is 11.2. The minimum atomic E-state index is -0.378. The molecule has 0 spiro atoms. The number of benzene rings is 2. The summed E-state index contributed by atoms with van der Waals surface area (Å²) < 4.78 is 15.7. The van der Waals surface area contributed by atoms with Gasteiger partial charge in [-0.3, -0.25) is 9.59 Å². The van der Waals surface area contributed by atoms with Crippen molar-refractivity contribution in [1.82, 2.24) is 0 Å². The van der Waals surface area contributed by atoms with Crippen LogP contribution in [-0.4, -0.2) is 33.0 Å². The first kappa shape index (κ1) is 16.4. The Labute approximate surface area is 134 Å². The summed E-state index contributed by atoms with van der Waals surface area (Å²) in [4.78, 5) is 22.9. The summed E-state index contributed by atoms with van der Waals surface area (Å²) in [5.41, 5.74) is 0.864. The number of aldehydes is 1. The standard InChI is InChI=1S/C17H17NO5/c1-21-13-7-8-16(22-2)14(9-13)18-17(20)11-23-15-6-4-3-5-12(15)10-19/h3-10H,11H2,1-2H3,(H,18,20). The Bertz CT molecular complexity index is 699. The van der Waals surface area contributed by atoms with Crippen molar-refractivity contribution in [1.29, 1.82) is 0 Å². The van der Waals surface area contributed by atoms with Crippen molar-refractivity contribution in [3.63, 3.8) is 0 Å². The van der Waals surface area contributed by atoms with E-state index in [9.17, 15) is 9.59 Å². The topological polar surface area (TPSA) is 73.9 Å². The Hall–Kier alpha value is -3.02. The Balaban J connectivity index is 2.03. The van der Waals surface area contributed by atoms with E-state index in [-0.39, 0.29) is 12.5 Å². The molecule has 0 aromatic heterocycles. The van der Waals surface area contributed by atoms with Crippen molar-refractivity contribution in [3.05, 3.63) is 48.0 Å². The van der Waals surface area contributed by atoms with Gasteiger partial charge in [-0.15, -0.1) is 0 Å². The van der Waals surface area contributed by atoms with Crippen LogP contribution < -0.4 is 19.5 Å². The third kappa shape index (κ3) is 4.23. The summed E-state index contributed by atoms with van der Waals surface area (Å²) in [5, 5.41) is 2.69. The number of carbonyl (C=O) groups is 2. The molecule has 1 N–H and O–H groups in total. The molecule has 2 aromatic carbocycles. The zero-order chi connectivity index (χ0) is 16.7. The van der Waals surface area contributed by atoms with Crippen LogP contribution in [0.25, 0.3) is 0 Å². The molecule has 6 heteroatoms. The van der Waals surface area contributed by atoms with E-state index in [0.29, 0.717) is 34.8 Å². The fourth-order valence-corrected chi connectivity index (χ4v) is 1.95. The minimum Gasteiger partial charge on any atom is -0.497 e. The molecule has 0 aliphatic carbocycles. The molecular weight excluding hydrogens is 298 g/mol. The smallest absolute Gasteiger partial charge is 0.262 e. The largest absolute Gasteiger partial charge is 0.497 e. The SMILES string of the molecule is COc1ccc(OC)c(NC(=O)COc2ccccc2C=O)c1. The molecule has 0 heterocycles. The number of rotatable bonds is 7. The van der Waals surface area contributed by atoms with Crippen LogP contribution in [0.3, 0.4) is 0 Å². The van der Waals surface area contributed by atoms with Crippen LogP contribution in [0.5, 0.6) is 17.2 Å². The highest BCUT2D eigenvalue weighted by molar-refractivity contribution is 5.93.